The van der Waals surface area contributed by atoms with Crippen LogP contribution in [0.25, 0.3) is 0 Å². The number of thioether (sulfide) groups is 1. The SMILES string of the molecule is CCCCCCCCCc1ccc(C(Sc2ccccc2N)C(O)CCCC(=O)O)cc1. The molecular weight excluding hydrogens is 418 g/mol. The molecule has 0 saturated heterocycles. The van der Waals surface area contributed by atoms with Crippen molar-refractivity contribution in [1.29, 1.82) is 0 Å². The molecule has 4 nitrogen and oxygen atoms in total. The van der Waals surface area contributed by atoms with Crippen molar-refractivity contribution in [3.05, 3.63) is 59.7 Å². The molecule has 5 heteroatoms. The number of nitrogens with two attached hydrogens (primary N) is 1. The fourth-order valence-corrected chi connectivity index (χ4v) is 5.09. The molecule has 0 fully saturated rings. The molecular formula is C27H39NO3S. The van der Waals surface area contributed by atoms with Crippen LogP contribution >= 0.6 is 11.8 Å². The third-order valence-electron chi connectivity index (χ3n) is 5.79. The molecule has 0 radical (unpaired) electrons. The summed E-state index contributed by atoms with van der Waals surface area (Å²) in [6.07, 6.45) is 10.5. The lowest BCUT2D eigenvalue weighted by atomic mass is 9.99. The number of aryl methyl sites for hydroxylation is 1. The Hall–Kier alpha value is -1.98. The van der Waals surface area contributed by atoms with Gasteiger partial charge in [0.15, 0.2) is 0 Å². The van der Waals surface area contributed by atoms with Crippen LogP contribution in [0.4, 0.5) is 5.69 Å². The van der Waals surface area contributed by atoms with Crippen LogP contribution in [-0.2, 0) is 11.2 Å². The number of unbranched alkanes of at least 4 members (excludes halogenated alkanes) is 6. The lowest BCUT2D eigenvalue weighted by molar-refractivity contribution is -0.137. The Balaban J connectivity index is 1.98. The number of aliphatic hydroxyl groups is 1. The summed E-state index contributed by atoms with van der Waals surface area (Å²) in [5.74, 6) is -0.830. The first kappa shape index (κ1) is 26.3. The molecule has 0 aliphatic carbocycles. The van der Waals surface area contributed by atoms with Crippen molar-refractivity contribution in [2.75, 3.05) is 5.73 Å². The lowest BCUT2D eigenvalue weighted by Crippen LogP contribution is -2.17. The predicted molar refractivity (Wildman–Crippen MR) is 135 cm³/mol. The number of aliphatic carboxylic acids is 1. The first-order chi connectivity index (χ1) is 15.5. The lowest BCUT2D eigenvalue weighted by Gasteiger charge is -2.24. The maximum absolute atomic E-state index is 10.9. The Morgan fingerprint density at radius 2 is 1.59 bits per heavy atom. The first-order valence-electron chi connectivity index (χ1n) is 12.0. The molecule has 2 aromatic rings. The van der Waals surface area contributed by atoms with Gasteiger partial charge in [0, 0.05) is 17.0 Å². The number of carboxylic acids is 1. The summed E-state index contributed by atoms with van der Waals surface area (Å²) in [5, 5.41) is 19.6. The highest BCUT2D eigenvalue weighted by molar-refractivity contribution is 7.99. The Kier molecular flexibility index (Phi) is 12.3. The number of benzene rings is 2. The van der Waals surface area contributed by atoms with Gasteiger partial charge in [0.1, 0.15) is 0 Å². The van der Waals surface area contributed by atoms with Gasteiger partial charge in [0.25, 0.3) is 0 Å². The molecule has 176 valence electrons. The van der Waals surface area contributed by atoms with Crippen molar-refractivity contribution in [2.45, 2.75) is 93.8 Å². The Morgan fingerprint density at radius 3 is 2.25 bits per heavy atom. The van der Waals surface area contributed by atoms with Gasteiger partial charge >= 0.3 is 5.97 Å². The largest absolute Gasteiger partial charge is 0.481 e. The van der Waals surface area contributed by atoms with Crippen molar-refractivity contribution in [2.24, 2.45) is 0 Å². The van der Waals surface area contributed by atoms with E-state index in [2.05, 4.69) is 31.2 Å². The molecule has 0 amide bonds. The summed E-state index contributed by atoms with van der Waals surface area (Å²) < 4.78 is 0. The number of para-hydroxylation sites is 1. The zero-order chi connectivity index (χ0) is 23.2. The van der Waals surface area contributed by atoms with E-state index in [1.54, 1.807) is 11.8 Å². The molecule has 2 aromatic carbocycles. The van der Waals surface area contributed by atoms with E-state index in [1.165, 1.54) is 50.5 Å². The van der Waals surface area contributed by atoms with Crippen molar-refractivity contribution >= 4 is 23.4 Å². The number of carboxylic acid groups (broad SMARTS) is 1. The van der Waals surface area contributed by atoms with Gasteiger partial charge in [-0.2, -0.15) is 0 Å². The highest BCUT2D eigenvalue weighted by Crippen LogP contribution is 2.41. The first-order valence-corrected chi connectivity index (χ1v) is 12.9. The second-order valence-corrected chi connectivity index (χ2v) is 9.73. The molecule has 2 rings (SSSR count). The van der Waals surface area contributed by atoms with E-state index in [-0.39, 0.29) is 11.7 Å². The summed E-state index contributed by atoms with van der Waals surface area (Å²) in [6.45, 7) is 2.25. The number of hydrogen-bond donors (Lipinski definition) is 3. The van der Waals surface area contributed by atoms with Crippen LogP contribution in [0.1, 0.15) is 87.5 Å². The van der Waals surface area contributed by atoms with Gasteiger partial charge < -0.3 is 15.9 Å². The Morgan fingerprint density at radius 1 is 0.938 bits per heavy atom. The monoisotopic (exact) mass is 457 g/mol. The molecule has 0 saturated carbocycles. The fraction of sp³-hybridized carbons (Fsp3) is 0.519. The van der Waals surface area contributed by atoms with E-state index in [9.17, 15) is 9.90 Å². The van der Waals surface area contributed by atoms with Crippen LogP contribution in [0.15, 0.2) is 53.4 Å². The average molecular weight is 458 g/mol. The Labute approximate surface area is 197 Å². The molecule has 0 aliphatic heterocycles. The predicted octanol–water partition coefficient (Wildman–Crippen LogP) is 7.01. The van der Waals surface area contributed by atoms with Crippen molar-refractivity contribution in [1.82, 2.24) is 0 Å². The van der Waals surface area contributed by atoms with E-state index in [4.69, 9.17) is 10.8 Å². The molecule has 0 aliphatic rings. The fourth-order valence-electron chi connectivity index (χ4n) is 3.87. The van der Waals surface area contributed by atoms with Crippen LogP contribution < -0.4 is 5.73 Å². The van der Waals surface area contributed by atoms with Crippen LogP contribution in [0.3, 0.4) is 0 Å². The average Bonchev–Trinajstić information content (AvgIpc) is 2.78. The van der Waals surface area contributed by atoms with E-state index in [1.807, 2.05) is 24.3 Å². The summed E-state index contributed by atoms with van der Waals surface area (Å²) in [6, 6.07) is 16.2. The van der Waals surface area contributed by atoms with E-state index in [0.29, 0.717) is 18.5 Å². The molecule has 32 heavy (non-hydrogen) atoms. The summed E-state index contributed by atoms with van der Waals surface area (Å²) in [7, 11) is 0. The zero-order valence-electron chi connectivity index (χ0n) is 19.3. The van der Waals surface area contributed by atoms with E-state index in [0.717, 1.165) is 16.9 Å². The standard InChI is InChI=1S/C27H39NO3S/c1-2-3-4-5-6-7-8-12-21-17-19-22(20-18-21)27(24(29)14-11-16-26(30)31)32-25-15-10-9-13-23(25)28/h9-10,13,15,17-20,24,27,29H,2-8,11-12,14,16,28H2,1H3,(H,30,31). The summed E-state index contributed by atoms with van der Waals surface area (Å²) in [4.78, 5) is 11.8. The number of nitrogen functional groups attached to an aromatic ring is 1. The van der Waals surface area contributed by atoms with Gasteiger partial charge in [-0.3, -0.25) is 4.79 Å². The minimum atomic E-state index is -0.830. The Bertz CT molecular complexity index is 794. The number of rotatable bonds is 16. The number of carbonyl (C=O) groups is 1. The summed E-state index contributed by atoms with van der Waals surface area (Å²) in [5.41, 5.74) is 9.20. The number of hydrogen-bond acceptors (Lipinski definition) is 4. The van der Waals surface area contributed by atoms with E-state index < -0.39 is 12.1 Å². The van der Waals surface area contributed by atoms with Crippen molar-refractivity contribution in [3.63, 3.8) is 0 Å². The van der Waals surface area contributed by atoms with Crippen LogP contribution in [0.2, 0.25) is 0 Å². The van der Waals surface area contributed by atoms with Gasteiger partial charge in [0.05, 0.1) is 11.4 Å². The second-order valence-electron chi connectivity index (χ2n) is 8.54. The van der Waals surface area contributed by atoms with Crippen molar-refractivity contribution < 1.29 is 15.0 Å². The minimum absolute atomic E-state index is 0.0688. The van der Waals surface area contributed by atoms with E-state index >= 15 is 0 Å². The molecule has 4 N–H and O–H groups in total. The van der Waals surface area contributed by atoms with Crippen LogP contribution in [-0.4, -0.2) is 22.3 Å². The summed E-state index contributed by atoms with van der Waals surface area (Å²) >= 11 is 1.55. The van der Waals surface area contributed by atoms with Gasteiger partial charge in [0.2, 0.25) is 0 Å². The van der Waals surface area contributed by atoms with Gasteiger partial charge in [-0.25, -0.2) is 0 Å². The van der Waals surface area contributed by atoms with Crippen LogP contribution in [0.5, 0.6) is 0 Å². The molecule has 2 atom stereocenters. The molecule has 0 bridgehead atoms. The maximum atomic E-state index is 10.9. The maximum Gasteiger partial charge on any atom is 0.303 e. The third kappa shape index (κ3) is 9.66. The van der Waals surface area contributed by atoms with Gasteiger partial charge in [-0.15, -0.1) is 11.8 Å². The molecule has 0 spiro atoms. The molecule has 2 unspecified atom stereocenters. The molecule has 0 heterocycles. The van der Waals surface area contributed by atoms with Crippen molar-refractivity contribution in [3.8, 4) is 0 Å². The third-order valence-corrected chi connectivity index (χ3v) is 7.26. The van der Waals surface area contributed by atoms with Crippen LogP contribution in [0, 0.1) is 0 Å². The smallest absolute Gasteiger partial charge is 0.303 e. The van der Waals surface area contributed by atoms with Gasteiger partial charge in [-0.05, 0) is 48.9 Å². The highest BCUT2D eigenvalue weighted by atomic mass is 32.2. The minimum Gasteiger partial charge on any atom is -0.481 e. The zero-order valence-corrected chi connectivity index (χ0v) is 20.2. The highest BCUT2D eigenvalue weighted by Gasteiger charge is 2.23. The number of anilines is 1. The normalized spacial score (nSPS) is 13.1. The number of aliphatic hydroxyl groups excluding tert-OH is 1. The second kappa shape index (κ2) is 15.0. The van der Waals surface area contributed by atoms with Gasteiger partial charge in [-0.1, -0.05) is 81.8 Å². The topological polar surface area (TPSA) is 83.5 Å². The molecule has 0 aromatic heterocycles. The quantitative estimate of drug-likeness (QED) is 0.143.